The molecule has 0 saturated carbocycles. The highest BCUT2D eigenvalue weighted by molar-refractivity contribution is 7.92. The first-order chi connectivity index (χ1) is 16.5. The number of nitrogens with one attached hydrogen (secondary N) is 2. The lowest BCUT2D eigenvalue weighted by atomic mass is 10.2. The van der Waals surface area contributed by atoms with Gasteiger partial charge in [0.25, 0.3) is 10.0 Å². The van der Waals surface area contributed by atoms with Crippen molar-refractivity contribution in [3.63, 3.8) is 0 Å². The summed E-state index contributed by atoms with van der Waals surface area (Å²) in [4.78, 5) is 13.0. The van der Waals surface area contributed by atoms with Crippen molar-refractivity contribution in [1.82, 2.24) is 25.1 Å². The van der Waals surface area contributed by atoms with Gasteiger partial charge >= 0.3 is 0 Å². The monoisotopic (exact) mass is 517 g/mol. The molecule has 0 aliphatic carbocycles. The van der Waals surface area contributed by atoms with Gasteiger partial charge in [0.05, 0.1) is 5.39 Å². The average molecular weight is 518 g/mol. The van der Waals surface area contributed by atoms with Crippen molar-refractivity contribution in [1.29, 1.82) is 0 Å². The van der Waals surface area contributed by atoms with Crippen molar-refractivity contribution in [3.05, 3.63) is 59.0 Å². The normalized spacial score (nSPS) is 11.9. The molecule has 0 radical (unpaired) electrons. The van der Waals surface area contributed by atoms with Crippen molar-refractivity contribution in [3.8, 4) is 11.4 Å². The smallest absolute Gasteiger partial charge is 0.264 e. The molecule has 0 bridgehead atoms. The van der Waals surface area contributed by atoms with Gasteiger partial charge in [-0.05, 0) is 63.5 Å². The van der Waals surface area contributed by atoms with E-state index in [-0.39, 0.29) is 10.7 Å². The summed E-state index contributed by atoms with van der Waals surface area (Å²) in [5.41, 5.74) is 2.34. The minimum Gasteiger partial charge on any atom is -0.358 e. The summed E-state index contributed by atoms with van der Waals surface area (Å²) in [5.74, 6) is 0.311. The fourth-order valence-corrected chi connectivity index (χ4v) is 4.89. The zero-order chi connectivity index (χ0) is 25.3. The first-order valence-electron chi connectivity index (χ1n) is 10.7. The van der Waals surface area contributed by atoms with Crippen LogP contribution in [0.3, 0.4) is 0 Å². The molecular formula is C23H25ClFN7O2S. The molecule has 0 aliphatic heterocycles. The number of likely N-dealkylation sites (N-methyl/N-ethyl adjacent to an activating group) is 2. The number of hydrogen-bond donors (Lipinski definition) is 2. The van der Waals surface area contributed by atoms with Gasteiger partial charge < -0.3 is 9.80 Å². The highest BCUT2D eigenvalue weighted by Crippen LogP contribution is 2.29. The van der Waals surface area contributed by atoms with Gasteiger partial charge in [0.15, 0.2) is 11.5 Å². The van der Waals surface area contributed by atoms with E-state index in [9.17, 15) is 12.8 Å². The van der Waals surface area contributed by atoms with Crippen molar-refractivity contribution in [2.45, 2.75) is 11.8 Å². The fourth-order valence-electron chi connectivity index (χ4n) is 3.49. The lowest BCUT2D eigenvalue weighted by molar-refractivity contribution is 0.416. The van der Waals surface area contributed by atoms with Crippen molar-refractivity contribution >= 4 is 44.2 Å². The molecule has 2 N–H and O–H groups in total. The molecule has 0 spiro atoms. The van der Waals surface area contributed by atoms with E-state index in [1.165, 1.54) is 6.07 Å². The van der Waals surface area contributed by atoms with Crippen molar-refractivity contribution in [2.24, 2.45) is 0 Å². The number of rotatable bonds is 8. The summed E-state index contributed by atoms with van der Waals surface area (Å²) in [7, 11) is 1.82. The zero-order valence-electron chi connectivity index (χ0n) is 19.7. The van der Waals surface area contributed by atoms with E-state index in [4.69, 9.17) is 16.6 Å². The Morgan fingerprint density at radius 3 is 2.46 bits per heavy atom. The van der Waals surface area contributed by atoms with Gasteiger partial charge in [-0.3, -0.25) is 9.82 Å². The molecular weight excluding hydrogens is 493 g/mol. The number of fused-ring (bicyclic) bond motifs is 1. The Bertz CT molecular complexity index is 1470. The lowest BCUT2D eigenvalue weighted by Crippen LogP contribution is -2.29. The molecule has 35 heavy (non-hydrogen) atoms. The van der Waals surface area contributed by atoms with Gasteiger partial charge in [0.2, 0.25) is 0 Å². The summed E-state index contributed by atoms with van der Waals surface area (Å²) in [5, 5.41) is 8.24. The first kappa shape index (κ1) is 24.8. The van der Waals surface area contributed by atoms with E-state index in [1.807, 2.05) is 28.1 Å². The minimum absolute atomic E-state index is 0.120. The molecule has 0 saturated heterocycles. The van der Waals surface area contributed by atoms with Crippen LogP contribution >= 0.6 is 11.6 Å². The predicted molar refractivity (Wildman–Crippen MR) is 136 cm³/mol. The topological polar surface area (TPSA) is 107 Å². The fraction of sp³-hybridized carbons (Fsp3) is 0.261. The van der Waals surface area contributed by atoms with Crippen LogP contribution in [0.15, 0.2) is 47.4 Å². The summed E-state index contributed by atoms with van der Waals surface area (Å²) >= 11 is 5.84. The Morgan fingerprint density at radius 2 is 1.77 bits per heavy atom. The zero-order valence-corrected chi connectivity index (χ0v) is 21.2. The molecule has 9 nitrogen and oxygen atoms in total. The van der Waals surface area contributed by atoms with Gasteiger partial charge in [-0.15, -0.1) is 0 Å². The van der Waals surface area contributed by atoms with Gasteiger partial charge in [0, 0.05) is 42.1 Å². The van der Waals surface area contributed by atoms with Crippen LogP contribution in [0.25, 0.3) is 22.4 Å². The molecule has 4 rings (SSSR count). The van der Waals surface area contributed by atoms with E-state index in [2.05, 4.69) is 29.7 Å². The van der Waals surface area contributed by atoms with Crippen LogP contribution < -0.4 is 9.62 Å². The van der Waals surface area contributed by atoms with Crippen molar-refractivity contribution in [2.75, 3.05) is 43.9 Å². The summed E-state index contributed by atoms with van der Waals surface area (Å²) in [6, 6.07) is 9.87. The number of hydrogen-bond acceptors (Lipinski definition) is 7. The van der Waals surface area contributed by atoms with Crippen molar-refractivity contribution < 1.29 is 12.8 Å². The number of H-pyrrole nitrogens is 1. The molecule has 4 aromatic rings. The third kappa shape index (κ3) is 5.37. The number of anilines is 2. The quantitative estimate of drug-likeness (QED) is 0.365. The largest absolute Gasteiger partial charge is 0.358 e. The maximum absolute atomic E-state index is 14.1. The molecule has 0 unspecified atom stereocenters. The number of aromatic nitrogens is 4. The van der Waals surface area contributed by atoms with E-state index in [0.29, 0.717) is 17.0 Å². The standard InChI is InChI=1S/C23H25ClFN7O2S/c1-14-20-22(29-28-14)26-21(27-23(20)32(4)12-11-31(2)3)15-5-8-17(9-6-15)30-35(33,34)19-13-16(24)7-10-18(19)25/h5-10,13,30H,11-12H2,1-4H3,(H,26,27,28,29). The predicted octanol–water partition coefficient (Wildman–Crippen LogP) is 3.92. The maximum atomic E-state index is 14.1. The maximum Gasteiger partial charge on any atom is 0.264 e. The molecule has 0 amide bonds. The van der Waals surface area contributed by atoms with Gasteiger partial charge in [-0.1, -0.05) is 11.6 Å². The first-order valence-corrected chi connectivity index (χ1v) is 12.6. The van der Waals surface area contributed by atoms with Crippen LogP contribution in [0.5, 0.6) is 0 Å². The molecule has 2 aromatic carbocycles. The number of aromatic amines is 1. The second-order valence-corrected chi connectivity index (χ2v) is 10.5. The second-order valence-electron chi connectivity index (χ2n) is 8.40. The van der Waals surface area contributed by atoms with Crippen LogP contribution in [-0.2, 0) is 10.0 Å². The minimum atomic E-state index is -4.17. The van der Waals surface area contributed by atoms with Crippen LogP contribution in [0.1, 0.15) is 5.69 Å². The average Bonchev–Trinajstić information content (AvgIpc) is 3.19. The van der Waals surface area contributed by atoms with Gasteiger partial charge in [-0.2, -0.15) is 5.10 Å². The van der Waals surface area contributed by atoms with Crippen LogP contribution in [0.2, 0.25) is 5.02 Å². The molecule has 0 atom stereocenters. The van der Waals surface area contributed by atoms with Gasteiger partial charge in [0.1, 0.15) is 16.5 Å². The molecule has 0 aliphatic rings. The SMILES string of the molecule is Cc1[nH]nc2nc(-c3ccc(NS(=O)(=O)c4cc(Cl)ccc4F)cc3)nc(N(C)CCN(C)C)c12. The Morgan fingerprint density at radius 1 is 1.06 bits per heavy atom. The van der Waals surface area contributed by atoms with E-state index < -0.39 is 20.7 Å². The van der Waals surface area contributed by atoms with E-state index >= 15 is 0 Å². The van der Waals surface area contributed by atoms with E-state index in [1.54, 1.807) is 24.3 Å². The highest BCUT2D eigenvalue weighted by atomic mass is 35.5. The molecule has 12 heteroatoms. The number of benzene rings is 2. The molecule has 184 valence electrons. The van der Waals surface area contributed by atoms with Crippen LogP contribution in [-0.4, -0.2) is 67.7 Å². The summed E-state index contributed by atoms with van der Waals surface area (Å²) in [6.45, 7) is 3.52. The third-order valence-corrected chi connectivity index (χ3v) is 7.03. The Labute approximate surface area is 208 Å². The van der Waals surface area contributed by atoms with E-state index in [0.717, 1.165) is 42.1 Å². The Kier molecular flexibility index (Phi) is 6.93. The van der Waals surface area contributed by atoms with Crippen LogP contribution in [0, 0.1) is 12.7 Å². The summed E-state index contributed by atoms with van der Waals surface area (Å²) in [6.07, 6.45) is 0. The number of aryl methyl sites for hydroxylation is 1. The molecule has 2 heterocycles. The molecule has 2 aromatic heterocycles. The summed E-state index contributed by atoms with van der Waals surface area (Å²) < 4.78 is 41.8. The second kappa shape index (κ2) is 9.76. The Balaban J connectivity index is 1.64. The highest BCUT2D eigenvalue weighted by Gasteiger charge is 2.21. The third-order valence-electron chi connectivity index (χ3n) is 5.40. The molecule has 0 fully saturated rings. The number of sulfonamides is 1. The Hall–Kier alpha value is -3.28. The number of halogens is 2. The van der Waals surface area contributed by atoms with Gasteiger partial charge in [-0.25, -0.2) is 22.8 Å². The van der Waals surface area contributed by atoms with Crippen LogP contribution in [0.4, 0.5) is 15.9 Å². The number of nitrogens with zero attached hydrogens (tertiary/aromatic N) is 5. The lowest BCUT2D eigenvalue weighted by Gasteiger charge is -2.21.